The van der Waals surface area contributed by atoms with Crippen LogP contribution in [-0.4, -0.2) is 42.2 Å². The second-order valence-corrected chi connectivity index (χ2v) is 14.8. The van der Waals surface area contributed by atoms with E-state index in [0.29, 0.717) is 51.0 Å². The molecule has 0 atom stereocenters. The van der Waals surface area contributed by atoms with E-state index in [-0.39, 0.29) is 22.0 Å². The first kappa shape index (κ1) is 39.7. The third kappa shape index (κ3) is 8.44. The number of benzene rings is 6. The van der Waals surface area contributed by atoms with Crippen LogP contribution in [0.1, 0.15) is 21.6 Å². The molecule has 8 rings (SSSR count). The Balaban J connectivity index is 0.000000259. The van der Waals surface area contributed by atoms with Crippen molar-refractivity contribution >= 4 is 38.2 Å². The molecule has 0 bridgehead atoms. The van der Waals surface area contributed by atoms with E-state index in [4.69, 9.17) is 30.5 Å². The van der Waals surface area contributed by atoms with Crippen LogP contribution in [0.5, 0.6) is 34.5 Å². The number of aromatic nitrogens is 3. The molecule has 2 aromatic heterocycles. The molecule has 298 valence electrons. The van der Waals surface area contributed by atoms with Crippen molar-refractivity contribution in [1.29, 1.82) is 0 Å². The average molecular weight is 809 g/mol. The third-order valence-electron chi connectivity index (χ3n) is 9.18. The van der Waals surface area contributed by atoms with E-state index >= 15 is 0 Å². The van der Waals surface area contributed by atoms with E-state index < -0.39 is 15.8 Å². The molecule has 0 unspecified atom stereocenters. The molecule has 0 amide bonds. The highest BCUT2D eigenvalue weighted by atomic mass is 32.2. The molecule has 0 fully saturated rings. The van der Waals surface area contributed by atoms with Crippen LogP contribution in [0.15, 0.2) is 163 Å². The highest BCUT2D eigenvalue weighted by Gasteiger charge is 2.29. The van der Waals surface area contributed by atoms with Crippen molar-refractivity contribution in [3.8, 4) is 40.2 Å². The topological polar surface area (TPSA) is 175 Å². The zero-order chi connectivity index (χ0) is 41.5. The zero-order valence-electron chi connectivity index (χ0n) is 32.3. The van der Waals surface area contributed by atoms with Crippen molar-refractivity contribution in [3.63, 3.8) is 0 Å². The molecule has 59 heavy (non-hydrogen) atoms. The zero-order valence-corrected chi connectivity index (χ0v) is 33.1. The quantitative estimate of drug-likeness (QED) is 0.0611. The summed E-state index contributed by atoms with van der Waals surface area (Å²) in [7, 11) is -1.04. The second-order valence-electron chi connectivity index (χ2n) is 13.0. The minimum atomic E-state index is -4.13. The lowest BCUT2D eigenvalue weighted by Crippen LogP contribution is -2.19. The van der Waals surface area contributed by atoms with Gasteiger partial charge in [0, 0.05) is 17.5 Å². The van der Waals surface area contributed by atoms with E-state index in [0.717, 1.165) is 15.3 Å². The summed E-state index contributed by atoms with van der Waals surface area (Å²) in [5.41, 5.74) is 11.5. The van der Waals surface area contributed by atoms with Gasteiger partial charge in [-0.15, -0.1) is 0 Å². The fraction of sp³-hybridized carbons (Fsp3) is 0.0667. The fourth-order valence-corrected chi connectivity index (χ4v) is 7.74. The number of nitrogen functional groups attached to an aromatic ring is 2. The fourth-order valence-electron chi connectivity index (χ4n) is 6.23. The van der Waals surface area contributed by atoms with Crippen LogP contribution in [0.4, 0.5) is 11.5 Å². The van der Waals surface area contributed by atoms with Crippen molar-refractivity contribution in [1.82, 2.24) is 13.8 Å². The lowest BCUT2D eigenvalue weighted by molar-refractivity contribution is 0.103. The number of nitrogens with one attached hydrogen (secondary N) is 1. The summed E-state index contributed by atoms with van der Waals surface area (Å²) in [6.45, 7) is 1.87. The van der Waals surface area contributed by atoms with Crippen LogP contribution in [0.2, 0.25) is 0 Å². The Hall–Kier alpha value is -7.55. The van der Waals surface area contributed by atoms with Crippen molar-refractivity contribution in [2.24, 2.45) is 5.84 Å². The van der Waals surface area contributed by atoms with Gasteiger partial charge in [0.15, 0.2) is 0 Å². The largest absolute Gasteiger partial charge is 0.494 e. The maximum Gasteiger partial charge on any atom is 0.268 e. The Morgan fingerprint density at radius 2 is 1.25 bits per heavy atom. The number of carbonyl (C=O) groups excluding carboxylic acids is 1. The molecule has 0 saturated carbocycles. The summed E-state index contributed by atoms with van der Waals surface area (Å²) >= 11 is 0. The summed E-state index contributed by atoms with van der Waals surface area (Å²) < 4.78 is 52.5. The first-order valence-corrected chi connectivity index (χ1v) is 19.6. The minimum Gasteiger partial charge on any atom is -0.494 e. The molecule has 5 N–H and O–H groups in total. The van der Waals surface area contributed by atoms with Crippen molar-refractivity contribution in [3.05, 3.63) is 175 Å². The number of nitrogens with zero attached hydrogens (tertiary/aromatic N) is 3. The number of hydrogen-bond acceptors (Lipinski definition) is 11. The van der Waals surface area contributed by atoms with E-state index in [2.05, 4.69) is 10.5 Å². The molecule has 6 aromatic carbocycles. The molecule has 0 saturated heterocycles. The molecule has 0 spiro atoms. The predicted molar refractivity (Wildman–Crippen MR) is 227 cm³/mol. The maximum atomic E-state index is 14.0. The SMILES string of the molecule is COc1cc(Oc2ccccc2)ccc1-n1ncc(C(=O)c2cc3ccccc3n2S(=O)(=O)c2ccc(C)cc2)c1N.COc1cc(Oc2ccccc2)ccc1NN. The van der Waals surface area contributed by atoms with Gasteiger partial charge in [0.05, 0.1) is 42.1 Å². The number of ether oxygens (including phenoxy) is 4. The van der Waals surface area contributed by atoms with Gasteiger partial charge in [0.1, 0.15) is 51.7 Å². The number of hydrogen-bond donors (Lipinski definition) is 3. The third-order valence-corrected chi connectivity index (χ3v) is 10.9. The van der Waals surface area contributed by atoms with Crippen molar-refractivity contribution in [2.75, 3.05) is 25.4 Å². The monoisotopic (exact) mass is 808 g/mol. The molecular formula is C45H40N6O7S. The number of anilines is 2. The Labute approximate surface area is 341 Å². The lowest BCUT2D eigenvalue weighted by Gasteiger charge is -2.13. The van der Waals surface area contributed by atoms with E-state index in [1.54, 1.807) is 79.9 Å². The molecule has 14 heteroatoms. The molecule has 0 aliphatic heterocycles. The summed E-state index contributed by atoms with van der Waals surface area (Å²) in [6.07, 6.45) is 1.33. The molecule has 2 heterocycles. The van der Waals surface area contributed by atoms with Gasteiger partial charge in [0.25, 0.3) is 10.0 Å². The minimum absolute atomic E-state index is 0.0274. The highest BCUT2D eigenvalue weighted by molar-refractivity contribution is 7.90. The number of hydrazine groups is 1. The average Bonchev–Trinajstić information content (AvgIpc) is 3.85. The van der Waals surface area contributed by atoms with Gasteiger partial charge >= 0.3 is 0 Å². The Morgan fingerprint density at radius 3 is 1.86 bits per heavy atom. The highest BCUT2D eigenvalue weighted by Crippen LogP contribution is 2.34. The number of rotatable bonds is 12. The predicted octanol–water partition coefficient (Wildman–Crippen LogP) is 8.76. The number of carbonyl (C=O) groups is 1. The lowest BCUT2D eigenvalue weighted by atomic mass is 10.1. The van der Waals surface area contributed by atoms with E-state index in [1.807, 2.05) is 73.7 Å². The number of fused-ring (bicyclic) bond motifs is 1. The first-order valence-electron chi connectivity index (χ1n) is 18.2. The van der Waals surface area contributed by atoms with Gasteiger partial charge < -0.3 is 30.1 Å². The molecule has 0 radical (unpaired) electrons. The molecule has 8 aromatic rings. The summed E-state index contributed by atoms with van der Waals surface area (Å²) in [4.78, 5) is 14.0. The standard InChI is InChI=1S/C32H26N4O5S.C13H14N2O2/c1-21-12-15-25(16-13-21)42(38,39)36-27-11-7-6-8-22(27)18-29(36)31(37)26-20-34-35(32(26)33)28-17-14-24(19-30(28)40-2)41-23-9-4-3-5-10-23;1-16-13-9-11(7-8-12(13)15-14)17-10-5-3-2-4-6-10/h3-20H,33H2,1-2H3;2-9,15H,14H2,1H3. The molecule has 13 nitrogen and oxygen atoms in total. The number of ketones is 1. The molecular weight excluding hydrogens is 769 g/mol. The van der Waals surface area contributed by atoms with Gasteiger partial charge in [-0.1, -0.05) is 72.3 Å². The van der Waals surface area contributed by atoms with E-state index in [1.165, 1.54) is 30.1 Å². The van der Waals surface area contributed by atoms with Crippen LogP contribution in [0.25, 0.3) is 16.6 Å². The first-order chi connectivity index (χ1) is 28.6. The van der Waals surface area contributed by atoms with Gasteiger partial charge in [0.2, 0.25) is 5.78 Å². The molecule has 0 aliphatic rings. The number of nitrogens with two attached hydrogens (primary N) is 2. The van der Waals surface area contributed by atoms with E-state index in [9.17, 15) is 13.2 Å². The van der Waals surface area contributed by atoms with Crippen LogP contribution in [-0.2, 0) is 10.0 Å². The number of methoxy groups -OCH3 is 2. The number of aryl methyl sites for hydroxylation is 1. The van der Waals surface area contributed by atoms with Crippen LogP contribution in [0.3, 0.4) is 0 Å². The van der Waals surface area contributed by atoms with Crippen LogP contribution < -0.4 is 35.9 Å². The molecule has 0 aliphatic carbocycles. The maximum absolute atomic E-state index is 14.0. The normalized spacial score (nSPS) is 11.0. The Kier molecular flexibility index (Phi) is 11.6. The summed E-state index contributed by atoms with van der Waals surface area (Å²) in [6, 6.07) is 44.4. The van der Waals surface area contributed by atoms with Gasteiger partial charge in [-0.2, -0.15) is 5.10 Å². The van der Waals surface area contributed by atoms with Crippen molar-refractivity contribution < 1.29 is 32.2 Å². The van der Waals surface area contributed by atoms with Gasteiger partial charge in [-0.3, -0.25) is 10.6 Å². The van der Waals surface area contributed by atoms with Gasteiger partial charge in [-0.05, 0) is 79.7 Å². The van der Waals surface area contributed by atoms with Crippen LogP contribution in [0, 0.1) is 6.92 Å². The van der Waals surface area contributed by atoms with Crippen LogP contribution >= 0.6 is 0 Å². The smallest absolute Gasteiger partial charge is 0.268 e. The van der Waals surface area contributed by atoms with Crippen molar-refractivity contribution in [2.45, 2.75) is 11.8 Å². The summed E-state index contributed by atoms with van der Waals surface area (Å²) in [5.74, 6) is 8.53. The van der Waals surface area contributed by atoms with Gasteiger partial charge in [-0.25, -0.2) is 17.1 Å². The number of para-hydroxylation sites is 3. The Bertz CT molecular complexity index is 2840. The summed E-state index contributed by atoms with van der Waals surface area (Å²) in [5, 5.41) is 4.96. The Morgan fingerprint density at radius 1 is 0.678 bits per heavy atom. The second kappa shape index (κ2) is 17.3.